The fourth-order valence-electron chi connectivity index (χ4n) is 3.25. The average Bonchev–Trinajstić information content (AvgIpc) is 2.78. The van der Waals surface area contributed by atoms with Crippen molar-refractivity contribution in [2.75, 3.05) is 33.4 Å². The third kappa shape index (κ3) is 4.87. The largest absolute Gasteiger partial charge is 0.379 e. The van der Waals surface area contributed by atoms with Crippen LogP contribution in [0.15, 0.2) is 47.4 Å². The smallest absolute Gasteiger partial charge is 0.269 e. The minimum absolute atomic E-state index is 0.0291. The zero-order valence-electron chi connectivity index (χ0n) is 17.0. The van der Waals surface area contributed by atoms with Gasteiger partial charge in [-0.25, -0.2) is 8.42 Å². The number of nitrogens with zero attached hydrogens (tertiary/aromatic N) is 3. The summed E-state index contributed by atoms with van der Waals surface area (Å²) in [6.07, 6.45) is 0. The Kier molecular flexibility index (Phi) is 6.95. The fraction of sp³-hybridized carbons (Fsp3) is 0.350. The van der Waals surface area contributed by atoms with Crippen molar-refractivity contribution >= 4 is 33.2 Å². The summed E-state index contributed by atoms with van der Waals surface area (Å²) in [6, 6.07) is 9.51. The molecule has 0 N–H and O–H groups in total. The number of rotatable bonds is 6. The van der Waals surface area contributed by atoms with E-state index in [1.54, 1.807) is 19.1 Å². The standard InChI is InChI=1S/C20H22ClN3O6S/c1-14(15-4-3-5-16(12-15)24(26)27)22(2)20(25)18-13-17(6-7-19(18)21)31(28,29)23-8-10-30-11-9-23/h3-7,12-14H,8-11H2,1-2H3. The molecule has 0 bridgehead atoms. The molecule has 0 radical (unpaired) electrons. The first-order chi connectivity index (χ1) is 14.6. The van der Waals surface area contributed by atoms with Gasteiger partial charge in [-0.2, -0.15) is 4.31 Å². The van der Waals surface area contributed by atoms with E-state index in [2.05, 4.69) is 0 Å². The van der Waals surface area contributed by atoms with Gasteiger partial charge in [-0.05, 0) is 30.7 Å². The number of carbonyl (C=O) groups excluding carboxylic acids is 1. The topological polar surface area (TPSA) is 110 Å². The molecule has 1 unspecified atom stereocenters. The lowest BCUT2D eigenvalue weighted by atomic mass is 10.1. The Labute approximate surface area is 185 Å². The summed E-state index contributed by atoms with van der Waals surface area (Å²) in [6.45, 7) is 2.80. The lowest BCUT2D eigenvalue weighted by Crippen LogP contribution is -2.40. The molecule has 31 heavy (non-hydrogen) atoms. The van der Waals surface area contributed by atoms with Crippen molar-refractivity contribution in [3.05, 3.63) is 68.7 Å². The highest BCUT2D eigenvalue weighted by Crippen LogP contribution is 2.28. The van der Waals surface area contributed by atoms with Crippen molar-refractivity contribution in [2.24, 2.45) is 0 Å². The summed E-state index contributed by atoms with van der Waals surface area (Å²) < 4.78 is 32.4. The van der Waals surface area contributed by atoms with Gasteiger partial charge in [-0.3, -0.25) is 14.9 Å². The monoisotopic (exact) mass is 467 g/mol. The van der Waals surface area contributed by atoms with Crippen LogP contribution in [0.1, 0.15) is 28.9 Å². The Morgan fingerprint density at radius 2 is 1.90 bits per heavy atom. The summed E-state index contributed by atoms with van der Waals surface area (Å²) in [5, 5.41) is 11.2. The van der Waals surface area contributed by atoms with Crippen LogP contribution in [-0.2, 0) is 14.8 Å². The van der Waals surface area contributed by atoms with Crippen LogP contribution < -0.4 is 0 Å². The van der Waals surface area contributed by atoms with E-state index in [4.69, 9.17) is 16.3 Å². The summed E-state index contributed by atoms with van der Waals surface area (Å²) >= 11 is 6.22. The first-order valence-electron chi connectivity index (χ1n) is 9.52. The third-order valence-electron chi connectivity index (χ3n) is 5.24. The molecule has 9 nitrogen and oxygen atoms in total. The number of non-ortho nitro benzene ring substituents is 1. The first-order valence-corrected chi connectivity index (χ1v) is 11.3. The van der Waals surface area contributed by atoms with E-state index in [0.29, 0.717) is 18.8 Å². The molecule has 1 aliphatic rings. The Bertz CT molecular complexity index is 1100. The first kappa shape index (κ1) is 23.1. The van der Waals surface area contributed by atoms with E-state index in [1.807, 2.05) is 0 Å². The summed E-state index contributed by atoms with van der Waals surface area (Å²) in [7, 11) is -2.27. The van der Waals surface area contributed by atoms with Gasteiger partial charge in [0.05, 0.1) is 39.7 Å². The predicted molar refractivity (Wildman–Crippen MR) is 115 cm³/mol. The predicted octanol–water partition coefficient (Wildman–Crippen LogP) is 3.10. The number of halogens is 1. The van der Waals surface area contributed by atoms with E-state index in [1.165, 1.54) is 46.6 Å². The fourth-order valence-corrected chi connectivity index (χ4v) is 4.89. The Morgan fingerprint density at radius 3 is 2.55 bits per heavy atom. The molecule has 3 rings (SSSR count). The second kappa shape index (κ2) is 9.31. The maximum absolute atomic E-state index is 13.1. The van der Waals surface area contributed by atoms with E-state index < -0.39 is 26.9 Å². The molecule has 1 fully saturated rings. The molecule has 1 saturated heterocycles. The van der Waals surface area contributed by atoms with Crippen LogP contribution in [0.4, 0.5) is 5.69 Å². The number of nitro benzene ring substituents is 1. The van der Waals surface area contributed by atoms with Crippen molar-refractivity contribution < 1.29 is 22.9 Å². The zero-order chi connectivity index (χ0) is 22.8. The van der Waals surface area contributed by atoms with Crippen LogP contribution in [0.2, 0.25) is 5.02 Å². The van der Waals surface area contributed by atoms with Gasteiger partial charge in [0.2, 0.25) is 10.0 Å². The number of ether oxygens (including phenoxy) is 1. The number of hydrogen-bond donors (Lipinski definition) is 0. The quantitative estimate of drug-likeness (QED) is 0.477. The van der Waals surface area contributed by atoms with E-state index in [0.717, 1.165) is 0 Å². The van der Waals surface area contributed by atoms with Crippen molar-refractivity contribution in [3.63, 3.8) is 0 Å². The molecule has 2 aromatic rings. The van der Waals surface area contributed by atoms with Crippen molar-refractivity contribution in [3.8, 4) is 0 Å². The second-order valence-electron chi connectivity index (χ2n) is 7.10. The van der Waals surface area contributed by atoms with Crippen LogP contribution in [0.3, 0.4) is 0 Å². The highest BCUT2D eigenvalue weighted by Gasteiger charge is 2.29. The van der Waals surface area contributed by atoms with Crippen molar-refractivity contribution in [2.45, 2.75) is 17.9 Å². The number of hydrogen-bond acceptors (Lipinski definition) is 6. The summed E-state index contributed by atoms with van der Waals surface area (Å²) in [4.78, 5) is 25.0. The van der Waals surface area contributed by atoms with Gasteiger partial charge in [0.25, 0.3) is 11.6 Å². The molecule has 1 aliphatic heterocycles. The number of nitro groups is 1. The van der Waals surface area contributed by atoms with Crippen LogP contribution in [-0.4, -0.2) is 61.8 Å². The van der Waals surface area contributed by atoms with Gasteiger partial charge in [0.15, 0.2) is 0 Å². The summed E-state index contributed by atoms with van der Waals surface area (Å²) in [5.41, 5.74) is 0.524. The number of carbonyl (C=O) groups is 1. The maximum atomic E-state index is 13.1. The molecule has 1 atom stereocenters. The molecule has 166 valence electrons. The van der Waals surface area contributed by atoms with Gasteiger partial charge in [0, 0.05) is 32.3 Å². The van der Waals surface area contributed by atoms with Crippen LogP contribution in [0, 0.1) is 10.1 Å². The van der Waals surface area contributed by atoms with Gasteiger partial charge < -0.3 is 9.64 Å². The number of amides is 1. The van der Waals surface area contributed by atoms with E-state index in [9.17, 15) is 23.3 Å². The van der Waals surface area contributed by atoms with Crippen molar-refractivity contribution in [1.82, 2.24) is 9.21 Å². The molecule has 0 aliphatic carbocycles. The van der Waals surface area contributed by atoms with Crippen molar-refractivity contribution in [1.29, 1.82) is 0 Å². The second-order valence-corrected chi connectivity index (χ2v) is 9.45. The molecule has 1 heterocycles. The van der Waals surface area contributed by atoms with Gasteiger partial charge in [-0.15, -0.1) is 0 Å². The van der Waals surface area contributed by atoms with Gasteiger partial charge in [-0.1, -0.05) is 23.7 Å². The number of sulfonamides is 1. The van der Waals surface area contributed by atoms with Crippen LogP contribution in [0.5, 0.6) is 0 Å². The zero-order valence-corrected chi connectivity index (χ0v) is 18.6. The third-order valence-corrected chi connectivity index (χ3v) is 7.47. The minimum atomic E-state index is -3.80. The molecular weight excluding hydrogens is 446 g/mol. The Morgan fingerprint density at radius 1 is 1.23 bits per heavy atom. The lowest BCUT2D eigenvalue weighted by Gasteiger charge is -2.27. The summed E-state index contributed by atoms with van der Waals surface area (Å²) in [5.74, 6) is -0.497. The van der Waals surface area contributed by atoms with Gasteiger partial charge >= 0.3 is 0 Å². The number of morpholine rings is 1. The highest BCUT2D eigenvalue weighted by atomic mass is 35.5. The maximum Gasteiger partial charge on any atom is 0.269 e. The van der Waals surface area contributed by atoms with E-state index >= 15 is 0 Å². The number of benzene rings is 2. The molecule has 1 amide bonds. The lowest BCUT2D eigenvalue weighted by molar-refractivity contribution is -0.384. The molecule has 0 saturated carbocycles. The molecule has 2 aromatic carbocycles. The minimum Gasteiger partial charge on any atom is -0.379 e. The van der Waals surface area contributed by atoms with Gasteiger partial charge in [0.1, 0.15) is 0 Å². The highest BCUT2D eigenvalue weighted by molar-refractivity contribution is 7.89. The molecule has 0 spiro atoms. The Balaban J connectivity index is 1.89. The molecule has 11 heteroatoms. The molecule has 0 aromatic heterocycles. The molecular formula is C20H22ClN3O6S. The van der Waals surface area contributed by atoms with Crippen LogP contribution in [0.25, 0.3) is 0 Å². The van der Waals surface area contributed by atoms with E-state index in [-0.39, 0.29) is 34.3 Å². The average molecular weight is 468 g/mol. The van der Waals surface area contributed by atoms with Crippen LogP contribution >= 0.6 is 11.6 Å². The SMILES string of the molecule is CC(c1cccc([N+](=O)[O-])c1)N(C)C(=O)c1cc(S(=O)(=O)N2CCOCC2)ccc1Cl. The Hall–Kier alpha value is -2.53. The normalized spacial score (nSPS) is 16.0.